The predicted octanol–water partition coefficient (Wildman–Crippen LogP) is 4.42. The van der Waals surface area contributed by atoms with Gasteiger partial charge in [0.1, 0.15) is 5.76 Å². The molecule has 0 saturated carbocycles. The number of carboxylic acids is 3. The molecule has 2 aliphatic rings. The first-order valence-electron chi connectivity index (χ1n) is 11.5. The first kappa shape index (κ1) is 36.2. The Kier molecular flexibility index (Phi) is 13.2. The maximum Gasteiger partial charge on any atom is 0.490 e. The number of carboxylic acid groups (broad SMARTS) is 3. The molecule has 0 aliphatic carbocycles. The Labute approximate surface area is 230 Å². The van der Waals surface area contributed by atoms with Crippen molar-refractivity contribution in [3.63, 3.8) is 0 Å². The number of furan rings is 1. The fourth-order valence-electron chi connectivity index (χ4n) is 3.89. The number of hydrogen-bond acceptors (Lipinski definition) is 7. The summed E-state index contributed by atoms with van der Waals surface area (Å²) in [6, 6.07) is 9.64. The van der Waals surface area contributed by atoms with Crippen LogP contribution in [0.4, 0.5) is 39.5 Å². The standard InChI is InChI=1S/C17H21N3O.3C2HF3O2/c1-3-14(11-18-7-1)12-19-8-5-17-16(19)6-9-20(17)13-15-4-2-10-21-15;3*3-2(4,5)1(6)7/h1-4,7,10-11,16-17H,5-6,8-9,12-13H2;3*(H,6,7)/t16-,17+;;;/m0.../s1. The monoisotopic (exact) mass is 625 g/mol. The number of pyridine rings is 1. The molecule has 10 nitrogen and oxygen atoms in total. The minimum Gasteiger partial charge on any atom is -0.475 e. The van der Waals surface area contributed by atoms with E-state index in [1.165, 1.54) is 31.5 Å². The highest BCUT2D eigenvalue weighted by molar-refractivity contribution is 5.73. The van der Waals surface area contributed by atoms with E-state index < -0.39 is 36.4 Å². The second-order valence-electron chi connectivity index (χ2n) is 8.50. The van der Waals surface area contributed by atoms with E-state index in [-0.39, 0.29) is 0 Å². The predicted molar refractivity (Wildman–Crippen MR) is 122 cm³/mol. The van der Waals surface area contributed by atoms with E-state index in [0.717, 1.165) is 18.8 Å². The minimum absolute atomic E-state index is 0.687. The molecule has 0 bridgehead atoms. The van der Waals surface area contributed by atoms with Crippen LogP contribution in [0.3, 0.4) is 0 Å². The number of fused-ring (bicyclic) bond motifs is 1. The van der Waals surface area contributed by atoms with Crippen LogP contribution in [0.15, 0.2) is 47.3 Å². The summed E-state index contributed by atoms with van der Waals surface area (Å²) in [7, 11) is 0. The second-order valence-corrected chi connectivity index (χ2v) is 8.50. The topological polar surface area (TPSA) is 144 Å². The molecule has 42 heavy (non-hydrogen) atoms. The molecule has 3 N–H and O–H groups in total. The van der Waals surface area contributed by atoms with Crippen molar-refractivity contribution in [2.45, 2.75) is 56.5 Å². The van der Waals surface area contributed by atoms with Crippen LogP contribution in [0.2, 0.25) is 0 Å². The van der Waals surface area contributed by atoms with Crippen LogP contribution in [-0.2, 0) is 27.5 Å². The summed E-state index contributed by atoms with van der Waals surface area (Å²) in [6.07, 6.45) is -7.11. The molecule has 0 aromatic carbocycles. The first-order chi connectivity index (χ1) is 19.2. The number of hydrogen-bond donors (Lipinski definition) is 3. The molecular weight excluding hydrogens is 601 g/mol. The maximum atomic E-state index is 10.6. The average Bonchev–Trinajstić information content (AvgIpc) is 3.60. The van der Waals surface area contributed by atoms with Gasteiger partial charge in [0, 0.05) is 44.1 Å². The van der Waals surface area contributed by atoms with E-state index in [0.29, 0.717) is 12.1 Å². The van der Waals surface area contributed by atoms with Gasteiger partial charge >= 0.3 is 36.4 Å². The van der Waals surface area contributed by atoms with Gasteiger partial charge in [0.2, 0.25) is 0 Å². The van der Waals surface area contributed by atoms with Gasteiger partial charge in [-0.05, 0) is 36.6 Å². The zero-order valence-electron chi connectivity index (χ0n) is 21.2. The molecule has 0 amide bonds. The van der Waals surface area contributed by atoms with Gasteiger partial charge < -0.3 is 19.7 Å². The zero-order valence-corrected chi connectivity index (χ0v) is 21.2. The first-order valence-corrected chi connectivity index (χ1v) is 11.5. The van der Waals surface area contributed by atoms with Crippen LogP contribution in [0.5, 0.6) is 0 Å². The summed E-state index contributed by atoms with van der Waals surface area (Å²) in [5, 5.41) is 21.4. The SMILES string of the molecule is O=C(O)C(F)(F)F.O=C(O)C(F)(F)F.O=C(O)C(F)(F)F.c1cncc(CN2CC[C@@H]3[C@@H]2CCN3Cc2ccco2)c1. The summed E-state index contributed by atoms with van der Waals surface area (Å²) in [6.45, 7) is 4.36. The van der Waals surface area contributed by atoms with Crippen molar-refractivity contribution in [2.24, 2.45) is 0 Å². The molecule has 2 aromatic rings. The summed E-state index contributed by atoms with van der Waals surface area (Å²) >= 11 is 0. The van der Waals surface area contributed by atoms with Crippen LogP contribution < -0.4 is 0 Å². The highest BCUT2D eigenvalue weighted by atomic mass is 19.4. The summed E-state index contributed by atoms with van der Waals surface area (Å²) < 4.78 is 101. The Bertz CT molecular complexity index is 1070. The third kappa shape index (κ3) is 12.8. The fourth-order valence-corrected chi connectivity index (χ4v) is 3.89. The van der Waals surface area contributed by atoms with Crippen LogP contribution in [-0.4, -0.2) is 91.7 Å². The molecule has 0 radical (unpaired) electrons. The third-order valence-corrected chi connectivity index (χ3v) is 5.58. The van der Waals surface area contributed by atoms with Crippen molar-refractivity contribution in [1.82, 2.24) is 14.8 Å². The van der Waals surface area contributed by atoms with Gasteiger partial charge in [-0.3, -0.25) is 14.8 Å². The number of aliphatic carboxylic acids is 3. The molecule has 0 spiro atoms. The van der Waals surface area contributed by atoms with Gasteiger partial charge in [0.05, 0.1) is 12.8 Å². The van der Waals surface area contributed by atoms with Crippen molar-refractivity contribution in [1.29, 1.82) is 0 Å². The number of carbonyl (C=O) groups is 3. The Morgan fingerprint density at radius 1 is 0.762 bits per heavy atom. The minimum atomic E-state index is -5.08. The summed E-state index contributed by atoms with van der Waals surface area (Å²) in [5.74, 6) is -7.19. The van der Waals surface area contributed by atoms with Crippen LogP contribution in [0.25, 0.3) is 0 Å². The van der Waals surface area contributed by atoms with Gasteiger partial charge in [-0.1, -0.05) is 6.07 Å². The number of rotatable bonds is 4. The van der Waals surface area contributed by atoms with Gasteiger partial charge in [-0.2, -0.15) is 39.5 Å². The molecule has 2 aliphatic heterocycles. The van der Waals surface area contributed by atoms with Crippen molar-refractivity contribution in [3.8, 4) is 0 Å². The molecule has 2 saturated heterocycles. The molecule has 4 heterocycles. The largest absolute Gasteiger partial charge is 0.490 e. The fraction of sp³-hybridized carbons (Fsp3) is 0.478. The van der Waals surface area contributed by atoms with Crippen molar-refractivity contribution in [2.75, 3.05) is 13.1 Å². The lowest BCUT2D eigenvalue weighted by molar-refractivity contribution is -0.193. The molecule has 2 atom stereocenters. The lowest BCUT2D eigenvalue weighted by Crippen LogP contribution is -2.35. The average molecular weight is 625 g/mol. The Balaban J connectivity index is 0.000000348. The molecule has 2 fully saturated rings. The van der Waals surface area contributed by atoms with Gasteiger partial charge in [0.15, 0.2) is 0 Å². The van der Waals surface area contributed by atoms with E-state index >= 15 is 0 Å². The zero-order chi connectivity index (χ0) is 32.3. The van der Waals surface area contributed by atoms with Gasteiger partial charge in [0.25, 0.3) is 0 Å². The van der Waals surface area contributed by atoms with E-state index in [4.69, 9.17) is 34.1 Å². The van der Waals surface area contributed by atoms with Gasteiger partial charge in [-0.15, -0.1) is 0 Å². The summed E-state index contributed by atoms with van der Waals surface area (Å²) in [4.78, 5) is 36.1. The van der Waals surface area contributed by atoms with E-state index in [2.05, 4.69) is 26.9 Å². The van der Waals surface area contributed by atoms with Crippen LogP contribution >= 0.6 is 0 Å². The lowest BCUT2D eigenvalue weighted by atomic mass is 10.1. The van der Waals surface area contributed by atoms with Crippen molar-refractivity contribution < 1.29 is 73.6 Å². The van der Waals surface area contributed by atoms with E-state index in [1.807, 2.05) is 24.5 Å². The quantitative estimate of drug-likeness (QED) is 0.418. The molecule has 19 heteroatoms. The summed E-state index contributed by atoms with van der Waals surface area (Å²) in [5.41, 5.74) is 1.32. The number of alkyl halides is 9. The third-order valence-electron chi connectivity index (χ3n) is 5.58. The van der Waals surface area contributed by atoms with Crippen molar-refractivity contribution in [3.05, 3.63) is 54.2 Å². The van der Waals surface area contributed by atoms with Crippen molar-refractivity contribution >= 4 is 17.9 Å². The highest BCUT2D eigenvalue weighted by Gasteiger charge is 2.42. The smallest absolute Gasteiger partial charge is 0.475 e. The second kappa shape index (κ2) is 15.4. The Morgan fingerprint density at radius 3 is 1.52 bits per heavy atom. The molecule has 2 aromatic heterocycles. The van der Waals surface area contributed by atoms with Gasteiger partial charge in [-0.25, -0.2) is 14.4 Å². The number of likely N-dealkylation sites (tertiary alicyclic amines) is 2. The molecule has 236 valence electrons. The van der Waals surface area contributed by atoms with E-state index in [9.17, 15) is 39.5 Å². The van der Waals surface area contributed by atoms with Crippen LogP contribution in [0, 0.1) is 0 Å². The normalized spacial score (nSPS) is 18.8. The number of aromatic nitrogens is 1. The molecular formula is C23H24F9N3O7. The number of halogens is 9. The Hall–Kier alpha value is -3.87. The van der Waals surface area contributed by atoms with E-state index in [1.54, 1.807) is 6.26 Å². The molecule has 0 unspecified atom stereocenters. The Morgan fingerprint density at radius 2 is 1.19 bits per heavy atom. The molecule has 4 rings (SSSR count). The lowest BCUT2D eigenvalue weighted by Gasteiger charge is -2.25. The van der Waals surface area contributed by atoms with Crippen LogP contribution in [0.1, 0.15) is 24.2 Å². The highest BCUT2D eigenvalue weighted by Crippen LogP contribution is 2.33. The number of nitrogens with zero attached hydrogens (tertiary/aromatic N) is 3. The maximum absolute atomic E-state index is 10.6.